The topological polar surface area (TPSA) is 43.1 Å². The Morgan fingerprint density at radius 1 is 1.33 bits per heavy atom. The van der Waals surface area contributed by atoms with Crippen molar-refractivity contribution in [3.05, 3.63) is 39.9 Å². The Bertz CT molecular complexity index is 377. The van der Waals surface area contributed by atoms with Gasteiger partial charge in [0.25, 0.3) is 5.69 Å². The molecule has 0 aliphatic heterocycles. The molecular formula is C12H15NO2. The third-order valence-electron chi connectivity index (χ3n) is 3.37. The Morgan fingerprint density at radius 2 is 1.87 bits per heavy atom. The van der Waals surface area contributed by atoms with Gasteiger partial charge in [0.05, 0.1) is 4.92 Å². The van der Waals surface area contributed by atoms with Crippen molar-refractivity contribution in [1.82, 2.24) is 0 Å². The van der Waals surface area contributed by atoms with Crippen LogP contribution in [0.1, 0.15) is 32.3 Å². The van der Waals surface area contributed by atoms with E-state index in [1.807, 2.05) is 12.1 Å². The fourth-order valence-electron chi connectivity index (χ4n) is 2.70. The molecule has 1 fully saturated rings. The minimum absolute atomic E-state index is 0.176. The maximum absolute atomic E-state index is 10.5. The van der Waals surface area contributed by atoms with Gasteiger partial charge >= 0.3 is 0 Å². The van der Waals surface area contributed by atoms with Gasteiger partial charge in [-0.3, -0.25) is 10.1 Å². The lowest BCUT2D eigenvalue weighted by Crippen LogP contribution is -2.36. The fourth-order valence-corrected chi connectivity index (χ4v) is 2.70. The molecule has 0 radical (unpaired) electrons. The highest BCUT2D eigenvalue weighted by molar-refractivity contribution is 5.37. The van der Waals surface area contributed by atoms with E-state index < -0.39 is 0 Å². The molecular weight excluding hydrogens is 190 g/mol. The Balaban J connectivity index is 2.21. The Hall–Kier alpha value is -1.38. The minimum Gasteiger partial charge on any atom is -0.258 e. The van der Waals surface area contributed by atoms with E-state index in [2.05, 4.69) is 13.8 Å². The van der Waals surface area contributed by atoms with E-state index in [0.717, 1.165) is 5.92 Å². The molecule has 0 atom stereocenters. The van der Waals surface area contributed by atoms with Gasteiger partial charge in [0.2, 0.25) is 0 Å². The second-order valence-electron chi connectivity index (χ2n) is 4.88. The molecule has 3 nitrogen and oxygen atoms in total. The summed E-state index contributed by atoms with van der Waals surface area (Å²) in [5, 5.41) is 10.5. The fraction of sp³-hybridized carbons (Fsp3) is 0.500. The van der Waals surface area contributed by atoms with Crippen LogP contribution in [0, 0.1) is 16.0 Å². The molecule has 3 heteroatoms. The van der Waals surface area contributed by atoms with Crippen molar-refractivity contribution in [1.29, 1.82) is 0 Å². The number of nitro benzene ring substituents is 1. The molecule has 1 aromatic rings. The molecule has 15 heavy (non-hydrogen) atoms. The predicted octanol–water partition coefficient (Wildman–Crippen LogP) is 3.28. The summed E-state index contributed by atoms with van der Waals surface area (Å²) in [6.07, 6.45) is 2.37. The first kappa shape index (κ1) is 10.1. The molecule has 0 heterocycles. The van der Waals surface area contributed by atoms with E-state index >= 15 is 0 Å². The lowest BCUT2D eigenvalue weighted by Gasteiger charge is -2.44. The molecule has 0 N–H and O–H groups in total. The molecule has 2 rings (SSSR count). The minimum atomic E-state index is -0.352. The average Bonchev–Trinajstić information content (AvgIpc) is 2.16. The summed E-state index contributed by atoms with van der Waals surface area (Å²) >= 11 is 0. The van der Waals surface area contributed by atoms with Gasteiger partial charge in [-0.25, -0.2) is 0 Å². The number of non-ortho nitro benzene ring substituents is 1. The van der Waals surface area contributed by atoms with Crippen LogP contribution in [0.5, 0.6) is 0 Å². The van der Waals surface area contributed by atoms with Gasteiger partial charge in [-0.1, -0.05) is 26.0 Å². The molecule has 0 amide bonds. The molecule has 1 saturated carbocycles. The lowest BCUT2D eigenvalue weighted by molar-refractivity contribution is -0.384. The van der Waals surface area contributed by atoms with Crippen molar-refractivity contribution in [2.45, 2.75) is 32.1 Å². The zero-order valence-electron chi connectivity index (χ0n) is 9.06. The molecule has 0 bridgehead atoms. The van der Waals surface area contributed by atoms with Gasteiger partial charge in [-0.15, -0.1) is 0 Å². The van der Waals surface area contributed by atoms with Gasteiger partial charge in [0.1, 0.15) is 0 Å². The molecule has 0 saturated heterocycles. The number of benzene rings is 1. The van der Waals surface area contributed by atoms with Crippen LogP contribution in [0.3, 0.4) is 0 Å². The zero-order valence-corrected chi connectivity index (χ0v) is 9.06. The second-order valence-corrected chi connectivity index (χ2v) is 4.88. The standard InChI is InChI=1S/C12H15NO2/c1-9-7-12(2,8-9)10-3-5-11(6-4-10)13(14)15/h3-6,9H,7-8H2,1-2H3/t9-,12+. The van der Waals surface area contributed by atoms with Crippen LogP contribution in [-0.2, 0) is 5.41 Å². The Kier molecular flexibility index (Phi) is 2.25. The van der Waals surface area contributed by atoms with Crippen molar-refractivity contribution in [3.8, 4) is 0 Å². The van der Waals surface area contributed by atoms with Crippen molar-refractivity contribution in [2.75, 3.05) is 0 Å². The third-order valence-corrected chi connectivity index (χ3v) is 3.37. The summed E-state index contributed by atoms with van der Waals surface area (Å²) in [4.78, 5) is 10.2. The first-order valence-corrected chi connectivity index (χ1v) is 5.26. The highest BCUT2D eigenvalue weighted by atomic mass is 16.6. The molecule has 0 unspecified atom stereocenters. The van der Waals surface area contributed by atoms with E-state index in [1.165, 1.54) is 18.4 Å². The smallest absolute Gasteiger partial charge is 0.258 e. The largest absolute Gasteiger partial charge is 0.269 e. The van der Waals surface area contributed by atoms with Crippen molar-refractivity contribution in [2.24, 2.45) is 5.92 Å². The first-order chi connectivity index (χ1) is 7.01. The monoisotopic (exact) mass is 205 g/mol. The molecule has 80 valence electrons. The van der Waals surface area contributed by atoms with E-state index in [4.69, 9.17) is 0 Å². The highest BCUT2D eigenvalue weighted by Gasteiger charge is 2.38. The number of rotatable bonds is 2. The number of hydrogen-bond donors (Lipinski definition) is 0. The van der Waals surface area contributed by atoms with Gasteiger partial charge in [-0.2, -0.15) is 0 Å². The van der Waals surface area contributed by atoms with Gasteiger partial charge in [0.15, 0.2) is 0 Å². The maximum Gasteiger partial charge on any atom is 0.269 e. The van der Waals surface area contributed by atoms with Gasteiger partial charge in [0, 0.05) is 12.1 Å². The van der Waals surface area contributed by atoms with E-state index in [-0.39, 0.29) is 16.0 Å². The van der Waals surface area contributed by atoms with Crippen molar-refractivity contribution in [3.63, 3.8) is 0 Å². The SMILES string of the molecule is C[C@H]1C[C@@](C)(c2ccc([N+](=O)[O-])cc2)C1. The lowest BCUT2D eigenvalue weighted by atomic mass is 9.60. The van der Waals surface area contributed by atoms with Gasteiger partial charge in [-0.05, 0) is 29.7 Å². The summed E-state index contributed by atoms with van der Waals surface area (Å²) in [5.74, 6) is 0.783. The van der Waals surface area contributed by atoms with E-state index in [1.54, 1.807) is 12.1 Å². The van der Waals surface area contributed by atoms with Crippen LogP contribution in [0.25, 0.3) is 0 Å². The molecule has 0 aromatic heterocycles. The summed E-state index contributed by atoms with van der Waals surface area (Å²) in [7, 11) is 0. The summed E-state index contributed by atoms with van der Waals surface area (Å²) < 4.78 is 0. The van der Waals surface area contributed by atoms with Crippen LogP contribution in [0.4, 0.5) is 5.69 Å². The zero-order chi connectivity index (χ0) is 11.1. The van der Waals surface area contributed by atoms with Crippen LogP contribution < -0.4 is 0 Å². The highest BCUT2D eigenvalue weighted by Crippen LogP contribution is 2.47. The molecule has 1 aliphatic rings. The van der Waals surface area contributed by atoms with Crippen LogP contribution >= 0.6 is 0 Å². The first-order valence-electron chi connectivity index (χ1n) is 5.26. The second kappa shape index (κ2) is 3.33. The normalized spacial score (nSPS) is 29.6. The molecule has 1 aromatic carbocycles. The predicted molar refractivity (Wildman–Crippen MR) is 58.8 cm³/mol. The molecule has 0 spiro atoms. The summed E-state index contributed by atoms with van der Waals surface area (Å²) in [6, 6.07) is 6.99. The number of nitro groups is 1. The van der Waals surface area contributed by atoms with Crippen molar-refractivity contribution < 1.29 is 4.92 Å². The number of hydrogen-bond acceptors (Lipinski definition) is 2. The van der Waals surface area contributed by atoms with E-state index in [9.17, 15) is 10.1 Å². The van der Waals surface area contributed by atoms with Crippen molar-refractivity contribution >= 4 is 5.69 Å². The van der Waals surface area contributed by atoms with Gasteiger partial charge < -0.3 is 0 Å². The van der Waals surface area contributed by atoms with Crippen LogP contribution in [0.2, 0.25) is 0 Å². The van der Waals surface area contributed by atoms with E-state index in [0.29, 0.717) is 0 Å². The third kappa shape index (κ3) is 1.74. The quantitative estimate of drug-likeness (QED) is 0.549. The molecule has 1 aliphatic carbocycles. The Labute approximate surface area is 89.3 Å². The van der Waals surface area contributed by atoms with Crippen LogP contribution in [-0.4, -0.2) is 4.92 Å². The summed E-state index contributed by atoms with van der Waals surface area (Å²) in [6.45, 7) is 4.47. The summed E-state index contributed by atoms with van der Waals surface area (Å²) in [5.41, 5.74) is 1.65. The average molecular weight is 205 g/mol. The van der Waals surface area contributed by atoms with Crippen LogP contribution in [0.15, 0.2) is 24.3 Å². The Morgan fingerprint density at radius 3 is 2.27 bits per heavy atom. The maximum atomic E-state index is 10.5. The number of nitrogens with zero attached hydrogens (tertiary/aromatic N) is 1.